The van der Waals surface area contributed by atoms with Gasteiger partial charge in [-0.1, -0.05) is 30.3 Å². The van der Waals surface area contributed by atoms with Crippen LogP contribution in [0.25, 0.3) is 0 Å². The van der Waals surface area contributed by atoms with Crippen molar-refractivity contribution in [3.8, 4) is 0 Å². The number of aromatic amines is 1. The Bertz CT molecular complexity index is 474. The number of aryl methyl sites for hydroxylation is 1. The molecule has 0 unspecified atom stereocenters. The summed E-state index contributed by atoms with van der Waals surface area (Å²) in [6.45, 7) is 2.47. The summed E-state index contributed by atoms with van der Waals surface area (Å²) < 4.78 is 0. The van der Waals surface area contributed by atoms with Crippen molar-refractivity contribution in [3.63, 3.8) is 0 Å². The fourth-order valence-electron chi connectivity index (χ4n) is 1.56. The number of carbonyl (C=O) groups is 1. The van der Waals surface area contributed by atoms with Crippen molar-refractivity contribution >= 4 is 5.91 Å². The van der Waals surface area contributed by atoms with E-state index in [9.17, 15) is 4.79 Å². The lowest BCUT2D eigenvalue weighted by Crippen LogP contribution is -2.22. The molecule has 0 radical (unpaired) electrons. The highest BCUT2D eigenvalue weighted by Gasteiger charge is 2.08. The largest absolute Gasteiger partial charge is 0.367 e. The molecule has 0 aliphatic heterocycles. The molecule has 1 heterocycles. The summed E-state index contributed by atoms with van der Waals surface area (Å²) in [7, 11) is 0. The Labute approximate surface area is 94.5 Å². The maximum absolute atomic E-state index is 11.8. The van der Waals surface area contributed by atoms with Crippen LogP contribution in [0.2, 0.25) is 0 Å². The second-order valence-corrected chi connectivity index (χ2v) is 3.72. The van der Waals surface area contributed by atoms with E-state index in [-0.39, 0.29) is 5.91 Å². The van der Waals surface area contributed by atoms with Crippen LogP contribution in [0, 0.1) is 6.92 Å². The smallest absolute Gasteiger partial charge is 0.253 e. The fourth-order valence-corrected chi connectivity index (χ4v) is 1.56. The second kappa shape index (κ2) is 4.66. The first kappa shape index (κ1) is 10.5. The number of rotatable bonds is 3. The SMILES string of the molecule is Cc1c[nH]cc1C(=O)NCc1ccccc1. The van der Waals surface area contributed by atoms with Crippen molar-refractivity contribution in [2.45, 2.75) is 13.5 Å². The molecule has 0 bridgehead atoms. The topological polar surface area (TPSA) is 44.9 Å². The Hall–Kier alpha value is -2.03. The van der Waals surface area contributed by atoms with Gasteiger partial charge in [0.05, 0.1) is 5.56 Å². The molecule has 1 aromatic heterocycles. The number of hydrogen-bond donors (Lipinski definition) is 2. The Morgan fingerprint density at radius 2 is 2.00 bits per heavy atom. The molecule has 0 saturated carbocycles. The quantitative estimate of drug-likeness (QED) is 0.808. The molecule has 3 heteroatoms. The molecule has 1 aromatic carbocycles. The molecule has 0 aliphatic rings. The molecule has 82 valence electrons. The lowest BCUT2D eigenvalue weighted by molar-refractivity contribution is 0.0950. The van der Waals surface area contributed by atoms with Gasteiger partial charge < -0.3 is 10.3 Å². The van der Waals surface area contributed by atoms with Gasteiger partial charge in [-0.15, -0.1) is 0 Å². The third kappa shape index (κ3) is 2.31. The second-order valence-electron chi connectivity index (χ2n) is 3.72. The van der Waals surface area contributed by atoms with Crippen LogP contribution in [0.4, 0.5) is 0 Å². The number of benzene rings is 1. The van der Waals surface area contributed by atoms with Gasteiger partial charge in [0.25, 0.3) is 5.91 Å². The van der Waals surface area contributed by atoms with Crippen LogP contribution in [0.1, 0.15) is 21.5 Å². The summed E-state index contributed by atoms with van der Waals surface area (Å²) in [5.41, 5.74) is 2.77. The summed E-state index contributed by atoms with van der Waals surface area (Å²) in [5.74, 6) is -0.0393. The van der Waals surface area contributed by atoms with Crippen LogP contribution in [-0.4, -0.2) is 10.9 Å². The predicted octanol–water partition coefficient (Wildman–Crippen LogP) is 2.25. The normalized spacial score (nSPS) is 10.1. The van der Waals surface area contributed by atoms with Gasteiger partial charge in [0.1, 0.15) is 0 Å². The predicted molar refractivity (Wildman–Crippen MR) is 63.1 cm³/mol. The van der Waals surface area contributed by atoms with Crippen LogP contribution < -0.4 is 5.32 Å². The van der Waals surface area contributed by atoms with Gasteiger partial charge in [0.15, 0.2) is 0 Å². The highest BCUT2D eigenvalue weighted by molar-refractivity contribution is 5.95. The van der Waals surface area contributed by atoms with E-state index in [2.05, 4.69) is 10.3 Å². The number of nitrogens with one attached hydrogen (secondary N) is 2. The first-order chi connectivity index (χ1) is 7.77. The standard InChI is InChI=1S/C13H14N2O/c1-10-7-14-9-12(10)13(16)15-8-11-5-3-2-4-6-11/h2-7,9,14H,8H2,1H3,(H,15,16). The highest BCUT2D eigenvalue weighted by Crippen LogP contribution is 2.06. The van der Waals surface area contributed by atoms with Gasteiger partial charge in [0.2, 0.25) is 0 Å². The Morgan fingerprint density at radius 1 is 1.25 bits per heavy atom. The number of H-pyrrole nitrogens is 1. The van der Waals surface area contributed by atoms with Crippen LogP contribution in [0.5, 0.6) is 0 Å². The highest BCUT2D eigenvalue weighted by atomic mass is 16.1. The summed E-state index contributed by atoms with van der Waals surface area (Å²) in [4.78, 5) is 14.7. The lowest BCUT2D eigenvalue weighted by atomic mass is 10.2. The molecule has 2 N–H and O–H groups in total. The summed E-state index contributed by atoms with van der Waals surface area (Å²) in [6, 6.07) is 9.86. The van der Waals surface area contributed by atoms with Crippen molar-refractivity contribution in [2.24, 2.45) is 0 Å². The Balaban J connectivity index is 1.97. The van der Waals surface area contributed by atoms with Gasteiger partial charge in [-0.25, -0.2) is 0 Å². The minimum Gasteiger partial charge on any atom is -0.367 e. The van der Waals surface area contributed by atoms with Crippen molar-refractivity contribution < 1.29 is 4.79 Å². The number of carbonyl (C=O) groups excluding carboxylic acids is 1. The molecule has 3 nitrogen and oxygen atoms in total. The van der Waals surface area contributed by atoms with E-state index in [4.69, 9.17) is 0 Å². The summed E-state index contributed by atoms with van der Waals surface area (Å²) in [5, 5.41) is 2.88. The van der Waals surface area contributed by atoms with E-state index >= 15 is 0 Å². The van der Waals surface area contributed by atoms with Gasteiger partial charge in [-0.3, -0.25) is 4.79 Å². The Morgan fingerprint density at radius 3 is 2.62 bits per heavy atom. The first-order valence-corrected chi connectivity index (χ1v) is 5.23. The number of amides is 1. The zero-order valence-corrected chi connectivity index (χ0v) is 9.16. The number of hydrogen-bond acceptors (Lipinski definition) is 1. The van der Waals surface area contributed by atoms with Gasteiger partial charge in [-0.2, -0.15) is 0 Å². The van der Waals surface area contributed by atoms with Crippen LogP contribution in [0.3, 0.4) is 0 Å². The van der Waals surface area contributed by atoms with Crippen LogP contribution >= 0.6 is 0 Å². The molecule has 2 aromatic rings. The van der Waals surface area contributed by atoms with E-state index in [1.807, 2.05) is 43.5 Å². The van der Waals surface area contributed by atoms with Crippen LogP contribution in [0.15, 0.2) is 42.7 Å². The molecule has 0 fully saturated rings. The molecule has 0 atom stereocenters. The van der Waals surface area contributed by atoms with Crippen LogP contribution in [-0.2, 0) is 6.54 Å². The minimum atomic E-state index is -0.0393. The van der Waals surface area contributed by atoms with E-state index in [0.29, 0.717) is 12.1 Å². The van der Waals surface area contributed by atoms with Gasteiger partial charge in [0, 0.05) is 18.9 Å². The lowest BCUT2D eigenvalue weighted by Gasteiger charge is -2.04. The molecular formula is C13H14N2O. The third-order valence-corrected chi connectivity index (χ3v) is 2.49. The van der Waals surface area contributed by atoms with Crippen molar-refractivity contribution in [1.82, 2.24) is 10.3 Å². The molecule has 16 heavy (non-hydrogen) atoms. The minimum absolute atomic E-state index is 0.0393. The molecule has 0 spiro atoms. The van der Waals surface area contributed by atoms with Gasteiger partial charge in [-0.05, 0) is 18.1 Å². The third-order valence-electron chi connectivity index (χ3n) is 2.49. The van der Waals surface area contributed by atoms with E-state index in [0.717, 1.165) is 11.1 Å². The zero-order chi connectivity index (χ0) is 11.4. The maximum atomic E-state index is 11.8. The molecule has 0 saturated heterocycles. The van der Waals surface area contributed by atoms with Gasteiger partial charge >= 0.3 is 0 Å². The Kier molecular flexibility index (Phi) is 3.05. The van der Waals surface area contributed by atoms with Crippen molar-refractivity contribution in [3.05, 3.63) is 59.4 Å². The van der Waals surface area contributed by atoms with E-state index in [1.54, 1.807) is 6.20 Å². The van der Waals surface area contributed by atoms with Crippen molar-refractivity contribution in [2.75, 3.05) is 0 Å². The van der Waals surface area contributed by atoms with Crippen molar-refractivity contribution in [1.29, 1.82) is 0 Å². The average molecular weight is 214 g/mol. The molecule has 2 rings (SSSR count). The molecular weight excluding hydrogens is 200 g/mol. The molecule has 0 aliphatic carbocycles. The summed E-state index contributed by atoms with van der Waals surface area (Å²) >= 11 is 0. The van der Waals surface area contributed by atoms with E-state index in [1.165, 1.54) is 0 Å². The summed E-state index contributed by atoms with van der Waals surface area (Å²) in [6.07, 6.45) is 3.53. The maximum Gasteiger partial charge on any atom is 0.253 e. The average Bonchev–Trinajstić information content (AvgIpc) is 2.74. The van der Waals surface area contributed by atoms with E-state index < -0.39 is 0 Å². The molecule has 1 amide bonds. The monoisotopic (exact) mass is 214 g/mol. The number of aromatic nitrogens is 1. The first-order valence-electron chi connectivity index (χ1n) is 5.23. The zero-order valence-electron chi connectivity index (χ0n) is 9.16. The fraction of sp³-hybridized carbons (Fsp3) is 0.154.